The summed E-state index contributed by atoms with van der Waals surface area (Å²) in [6, 6.07) is 14.2. The fraction of sp³-hybridized carbons (Fsp3) is 0.435. The number of piperazine rings is 1. The summed E-state index contributed by atoms with van der Waals surface area (Å²) < 4.78 is 19.5. The smallest absolute Gasteiger partial charge is 0.251 e. The maximum atomic E-state index is 13.9. The molecule has 156 valence electrons. The second kappa shape index (κ2) is 10.3. The fourth-order valence-electron chi connectivity index (χ4n) is 3.48. The molecule has 29 heavy (non-hydrogen) atoms. The molecular weight excluding hydrogens is 369 g/mol. The molecule has 0 saturated carbocycles. The van der Waals surface area contributed by atoms with Crippen molar-refractivity contribution >= 4 is 11.6 Å². The molecule has 0 unspecified atom stereocenters. The summed E-state index contributed by atoms with van der Waals surface area (Å²) in [6.45, 7) is 8.94. The molecule has 2 aromatic rings. The first-order valence-corrected chi connectivity index (χ1v) is 10.3. The summed E-state index contributed by atoms with van der Waals surface area (Å²) in [4.78, 5) is 16.7. The normalized spacial score (nSPS) is 14.8. The van der Waals surface area contributed by atoms with Crippen molar-refractivity contribution in [2.24, 2.45) is 0 Å². The predicted octanol–water partition coefficient (Wildman–Crippen LogP) is 3.56. The number of ether oxygens (including phenoxy) is 1. The lowest BCUT2D eigenvalue weighted by atomic mass is 10.2. The van der Waals surface area contributed by atoms with E-state index in [0.717, 1.165) is 44.9 Å². The Bertz CT molecular complexity index is 787. The zero-order valence-electron chi connectivity index (χ0n) is 17.2. The van der Waals surface area contributed by atoms with E-state index in [4.69, 9.17) is 4.74 Å². The number of para-hydroxylation sites is 1. The highest BCUT2D eigenvalue weighted by Gasteiger charge is 2.18. The van der Waals surface area contributed by atoms with Crippen molar-refractivity contribution in [3.05, 3.63) is 59.9 Å². The van der Waals surface area contributed by atoms with Crippen LogP contribution in [0.3, 0.4) is 0 Å². The molecule has 0 spiro atoms. The van der Waals surface area contributed by atoms with E-state index in [1.165, 1.54) is 6.07 Å². The Kier molecular flexibility index (Phi) is 7.47. The average Bonchev–Trinajstić information content (AvgIpc) is 2.72. The van der Waals surface area contributed by atoms with E-state index < -0.39 is 0 Å². The summed E-state index contributed by atoms with van der Waals surface area (Å²) in [5, 5.41) is 2.97. The lowest BCUT2D eigenvalue weighted by Crippen LogP contribution is -2.47. The van der Waals surface area contributed by atoms with Gasteiger partial charge in [0.05, 0.1) is 11.8 Å². The van der Waals surface area contributed by atoms with Gasteiger partial charge in [-0.3, -0.25) is 9.69 Å². The standard InChI is InChI=1S/C23H30FN3O2/c1-18(2)29-20-10-8-19(9-11-20)23(28)25-12-5-13-26-14-16-27(17-15-26)22-7-4-3-6-21(22)24/h3-4,6-11,18H,5,12-17H2,1-2H3,(H,25,28). The first-order valence-electron chi connectivity index (χ1n) is 10.3. The number of halogens is 1. The Labute approximate surface area is 172 Å². The molecule has 0 aromatic heterocycles. The zero-order chi connectivity index (χ0) is 20.6. The molecule has 1 N–H and O–H groups in total. The van der Waals surface area contributed by atoms with E-state index in [-0.39, 0.29) is 17.8 Å². The van der Waals surface area contributed by atoms with Gasteiger partial charge in [0.25, 0.3) is 5.91 Å². The Hall–Kier alpha value is -2.60. The van der Waals surface area contributed by atoms with Crippen LogP contribution in [-0.4, -0.2) is 56.2 Å². The zero-order valence-corrected chi connectivity index (χ0v) is 17.2. The van der Waals surface area contributed by atoms with Crippen LogP contribution in [0.15, 0.2) is 48.5 Å². The van der Waals surface area contributed by atoms with Crippen molar-refractivity contribution in [1.82, 2.24) is 10.2 Å². The van der Waals surface area contributed by atoms with Crippen LogP contribution in [0.1, 0.15) is 30.6 Å². The number of carbonyl (C=O) groups is 1. The maximum absolute atomic E-state index is 13.9. The van der Waals surface area contributed by atoms with Crippen molar-refractivity contribution in [1.29, 1.82) is 0 Å². The highest BCUT2D eigenvalue weighted by molar-refractivity contribution is 5.94. The van der Waals surface area contributed by atoms with Gasteiger partial charge in [-0.2, -0.15) is 0 Å². The molecule has 1 amide bonds. The molecule has 5 nitrogen and oxygen atoms in total. The van der Waals surface area contributed by atoms with Gasteiger partial charge in [0.15, 0.2) is 0 Å². The summed E-state index contributed by atoms with van der Waals surface area (Å²) in [7, 11) is 0. The highest BCUT2D eigenvalue weighted by atomic mass is 19.1. The van der Waals surface area contributed by atoms with Crippen molar-refractivity contribution in [2.75, 3.05) is 44.2 Å². The first-order chi connectivity index (χ1) is 14.0. The van der Waals surface area contributed by atoms with Gasteiger partial charge in [0.1, 0.15) is 11.6 Å². The van der Waals surface area contributed by atoms with Gasteiger partial charge in [-0.1, -0.05) is 12.1 Å². The Balaban J connectivity index is 1.35. The Morgan fingerprint density at radius 2 is 1.76 bits per heavy atom. The number of amides is 1. The predicted molar refractivity (Wildman–Crippen MR) is 114 cm³/mol. The van der Waals surface area contributed by atoms with E-state index in [9.17, 15) is 9.18 Å². The molecule has 6 heteroatoms. The summed E-state index contributed by atoms with van der Waals surface area (Å²) in [5.74, 6) is 0.545. The van der Waals surface area contributed by atoms with Crippen LogP contribution in [0.2, 0.25) is 0 Å². The average molecular weight is 400 g/mol. The third-order valence-corrected chi connectivity index (χ3v) is 4.99. The van der Waals surface area contributed by atoms with Gasteiger partial charge >= 0.3 is 0 Å². The summed E-state index contributed by atoms with van der Waals surface area (Å²) in [5.41, 5.74) is 1.32. The number of nitrogens with one attached hydrogen (secondary N) is 1. The minimum absolute atomic E-state index is 0.0644. The van der Waals surface area contributed by atoms with Gasteiger partial charge in [-0.05, 0) is 63.2 Å². The number of hydrogen-bond donors (Lipinski definition) is 1. The number of nitrogens with zero attached hydrogens (tertiary/aromatic N) is 2. The largest absolute Gasteiger partial charge is 0.491 e. The minimum atomic E-state index is -0.160. The van der Waals surface area contributed by atoms with E-state index in [2.05, 4.69) is 15.1 Å². The summed E-state index contributed by atoms with van der Waals surface area (Å²) in [6.07, 6.45) is 1.00. The van der Waals surface area contributed by atoms with Crippen LogP contribution in [0, 0.1) is 5.82 Å². The number of hydrogen-bond acceptors (Lipinski definition) is 4. The van der Waals surface area contributed by atoms with Crippen LogP contribution in [0.5, 0.6) is 5.75 Å². The summed E-state index contributed by atoms with van der Waals surface area (Å²) >= 11 is 0. The van der Waals surface area contributed by atoms with Crippen LogP contribution in [-0.2, 0) is 0 Å². The van der Waals surface area contributed by atoms with E-state index in [0.29, 0.717) is 17.8 Å². The van der Waals surface area contributed by atoms with Gasteiger partial charge in [0.2, 0.25) is 0 Å². The van der Waals surface area contributed by atoms with E-state index in [1.54, 1.807) is 18.2 Å². The third kappa shape index (κ3) is 6.19. The van der Waals surface area contributed by atoms with Crippen molar-refractivity contribution < 1.29 is 13.9 Å². The fourth-order valence-corrected chi connectivity index (χ4v) is 3.48. The molecule has 0 aliphatic carbocycles. The van der Waals surface area contributed by atoms with Crippen LogP contribution in [0.4, 0.5) is 10.1 Å². The second-order valence-corrected chi connectivity index (χ2v) is 7.58. The second-order valence-electron chi connectivity index (χ2n) is 7.58. The molecule has 0 bridgehead atoms. The van der Waals surface area contributed by atoms with Gasteiger partial charge in [-0.15, -0.1) is 0 Å². The van der Waals surface area contributed by atoms with Crippen LogP contribution >= 0.6 is 0 Å². The van der Waals surface area contributed by atoms with E-state index >= 15 is 0 Å². The Morgan fingerprint density at radius 1 is 1.07 bits per heavy atom. The number of rotatable bonds is 8. The minimum Gasteiger partial charge on any atom is -0.491 e. The quantitative estimate of drug-likeness (QED) is 0.690. The third-order valence-electron chi connectivity index (χ3n) is 4.99. The van der Waals surface area contributed by atoms with Crippen LogP contribution in [0.25, 0.3) is 0 Å². The topological polar surface area (TPSA) is 44.8 Å². The molecular formula is C23H30FN3O2. The molecule has 1 fully saturated rings. The van der Waals surface area contributed by atoms with Crippen molar-refractivity contribution in [3.8, 4) is 5.75 Å². The van der Waals surface area contributed by atoms with Crippen LogP contribution < -0.4 is 15.0 Å². The maximum Gasteiger partial charge on any atom is 0.251 e. The molecule has 1 aliphatic heterocycles. The van der Waals surface area contributed by atoms with Crippen molar-refractivity contribution in [3.63, 3.8) is 0 Å². The Morgan fingerprint density at radius 3 is 2.41 bits per heavy atom. The van der Waals surface area contributed by atoms with Gasteiger partial charge < -0.3 is 15.0 Å². The van der Waals surface area contributed by atoms with Gasteiger partial charge in [-0.25, -0.2) is 4.39 Å². The monoisotopic (exact) mass is 399 g/mol. The first kappa shape index (κ1) is 21.1. The lowest BCUT2D eigenvalue weighted by Gasteiger charge is -2.36. The van der Waals surface area contributed by atoms with Gasteiger partial charge in [0, 0.05) is 38.3 Å². The molecule has 0 atom stereocenters. The molecule has 2 aromatic carbocycles. The van der Waals surface area contributed by atoms with E-state index in [1.807, 2.05) is 38.1 Å². The number of benzene rings is 2. The highest BCUT2D eigenvalue weighted by Crippen LogP contribution is 2.20. The molecule has 1 heterocycles. The SMILES string of the molecule is CC(C)Oc1ccc(C(=O)NCCCN2CCN(c3ccccc3F)CC2)cc1. The molecule has 1 saturated heterocycles. The molecule has 3 rings (SSSR count). The lowest BCUT2D eigenvalue weighted by molar-refractivity contribution is 0.0951. The number of anilines is 1. The van der Waals surface area contributed by atoms with Crippen molar-refractivity contribution in [2.45, 2.75) is 26.4 Å². The molecule has 1 aliphatic rings. The molecule has 0 radical (unpaired) electrons. The number of carbonyl (C=O) groups excluding carboxylic acids is 1.